The lowest BCUT2D eigenvalue weighted by Crippen LogP contribution is -2.57. The summed E-state index contributed by atoms with van der Waals surface area (Å²) in [6.07, 6.45) is 4.57. The van der Waals surface area contributed by atoms with Crippen LogP contribution in [0.15, 0.2) is 18.3 Å². The summed E-state index contributed by atoms with van der Waals surface area (Å²) < 4.78 is 15.6. The molecule has 22 heavy (non-hydrogen) atoms. The van der Waals surface area contributed by atoms with Gasteiger partial charge in [0.05, 0.1) is 18.8 Å². The largest absolute Gasteiger partial charge is 0.474 e. The van der Waals surface area contributed by atoms with Crippen LogP contribution in [0.3, 0.4) is 0 Å². The minimum Gasteiger partial charge on any atom is -0.474 e. The summed E-state index contributed by atoms with van der Waals surface area (Å²) in [6, 6.07) is 3.22. The van der Waals surface area contributed by atoms with Crippen molar-refractivity contribution in [3.05, 3.63) is 18.3 Å². The van der Waals surface area contributed by atoms with Crippen LogP contribution in [0, 0.1) is 0 Å². The van der Waals surface area contributed by atoms with E-state index in [-0.39, 0.29) is 11.6 Å². The minimum absolute atomic E-state index is 0.252. The minimum atomic E-state index is -0.277. The maximum absolute atomic E-state index is 12.2. The standard InChI is InChI=1S/C15H23N3O4/c1-20-9-10-22-13-12(5-3-8-16-13)17-14(19)18-15(11-21-2)6-4-7-15/h3,5,8H,4,6-7,9-11H2,1-2H3,(H2,17,18,19). The Morgan fingerprint density at radius 3 is 2.77 bits per heavy atom. The van der Waals surface area contributed by atoms with E-state index in [2.05, 4.69) is 15.6 Å². The maximum atomic E-state index is 12.2. The Labute approximate surface area is 130 Å². The van der Waals surface area contributed by atoms with Gasteiger partial charge in [-0.05, 0) is 31.4 Å². The van der Waals surface area contributed by atoms with Gasteiger partial charge in [-0.15, -0.1) is 0 Å². The first-order valence-corrected chi connectivity index (χ1v) is 7.34. The zero-order valence-corrected chi connectivity index (χ0v) is 13.1. The van der Waals surface area contributed by atoms with Gasteiger partial charge in [0.25, 0.3) is 0 Å². The Hall–Kier alpha value is -1.86. The van der Waals surface area contributed by atoms with Gasteiger partial charge >= 0.3 is 6.03 Å². The van der Waals surface area contributed by atoms with E-state index in [0.717, 1.165) is 19.3 Å². The van der Waals surface area contributed by atoms with Crippen molar-refractivity contribution in [2.75, 3.05) is 39.4 Å². The fraction of sp³-hybridized carbons (Fsp3) is 0.600. The summed E-state index contributed by atoms with van der Waals surface area (Å²) >= 11 is 0. The molecule has 0 spiro atoms. The molecule has 1 heterocycles. The van der Waals surface area contributed by atoms with Crippen molar-refractivity contribution < 1.29 is 19.0 Å². The molecule has 0 aromatic carbocycles. The van der Waals surface area contributed by atoms with Crippen LogP contribution in [0.2, 0.25) is 0 Å². The molecule has 0 bridgehead atoms. The number of nitrogens with zero attached hydrogens (tertiary/aromatic N) is 1. The number of rotatable bonds is 8. The van der Waals surface area contributed by atoms with E-state index in [1.165, 1.54) is 0 Å². The lowest BCUT2D eigenvalue weighted by Gasteiger charge is -2.41. The van der Waals surface area contributed by atoms with Crippen LogP contribution in [0.1, 0.15) is 19.3 Å². The van der Waals surface area contributed by atoms with Crippen LogP contribution in [0.5, 0.6) is 5.88 Å². The number of ether oxygens (including phenoxy) is 3. The molecule has 7 nitrogen and oxygen atoms in total. The van der Waals surface area contributed by atoms with E-state index in [1.807, 2.05) is 0 Å². The average Bonchev–Trinajstić information content (AvgIpc) is 2.47. The fourth-order valence-electron chi connectivity index (χ4n) is 2.40. The number of pyridine rings is 1. The summed E-state index contributed by atoms with van der Waals surface area (Å²) in [7, 11) is 3.24. The summed E-state index contributed by atoms with van der Waals surface area (Å²) in [6.45, 7) is 1.35. The number of carbonyl (C=O) groups excluding carboxylic acids is 1. The number of amides is 2. The van der Waals surface area contributed by atoms with Crippen molar-refractivity contribution in [3.63, 3.8) is 0 Å². The molecule has 122 valence electrons. The van der Waals surface area contributed by atoms with Gasteiger partial charge in [0.2, 0.25) is 5.88 Å². The van der Waals surface area contributed by atoms with E-state index in [0.29, 0.717) is 31.4 Å². The second-order valence-corrected chi connectivity index (χ2v) is 5.34. The van der Waals surface area contributed by atoms with Crippen LogP contribution >= 0.6 is 0 Å². The number of carbonyl (C=O) groups is 1. The van der Waals surface area contributed by atoms with E-state index < -0.39 is 0 Å². The predicted octanol–water partition coefficient (Wildman–Crippen LogP) is 1.80. The Bertz CT molecular complexity index is 491. The average molecular weight is 309 g/mol. The SMILES string of the molecule is COCCOc1ncccc1NC(=O)NC1(COC)CCC1. The van der Waals surface area contributed by atoms with Crippen molar-refractivity contribution in [2.24, 2.45) is 0 Å². The first-order valence-electron chi connectivity index (χ1n) is 7.34. The molecule has 1 fully saturated rings. The highest BCUT2D eigenvalue weighted by molar-refractivity contribution is 5.91. The van der Waals surface area contributed by atoms with Crippen LogP contribution in [-0.2, 0) is 9.47 Å². The van der Waals surface area contributed by atoms with Gasteiger partial charge in [-0.3, -0.25) is 0 Å². The zero-order chi connectivity index (χ0) is 15.8. The van der Waals surface area contributed by atoms with Crippen LogP contribution in [0.4, 0.5) is 10.5 Å². The molecule has 2 rings (SSSR count). The molecule has 1 aliphatic rings. The van der Waals surface area contributed by atoms with Crippen molar-refractivity contribution >= 4 is 11.7 Å². The third kappa shape index (κ3) is 4.32. The lowest BCUT2D eigenvalue weighted by atomic mass is 9.77. The Morgan fingerprint density at radius 1 is 1.32 bits per heavy atom. The van der Waals surface area contributed by atoms with Gasteiger partial charge in [0.15, 0.2) is 0 Å². The number of hydrogen-bond acceptors (Lipinski definition) is 5. The highest BCUT2D eigenvalue weighted by atomic mass is 16.5. The van der Waals surface area contributed by atoms with E-state index in [4.69, 9.17) is 14.2 Å². The maximum Gasteiger partial charge on any atom is 0.319 e. The van der Waals surface area contributed by atoms with Crippen molar-refractivity contribution in [2.45, 2.75) is 24.8 Å². The first kappa shape index (κ1) is 16.5. The molecule has 1 aromatic rings. The second kappa shape index (κ2) is 7.95. The number of methoxy groups -OCH3 is 2. The van der Waals surface area contributed by atoms with E-state index >= 15 is 0 Å². The summed E-state index contributed by atoms with van der Waals surface area (Å²) in [4.78, 5) is 16.3. The lowest BCUT2D eigenvalue weighted by molar-refractivity contribution is 0.0648. The quantitative estimate of drug-likeness (QED) is 0.716. The highest BCUT2D eigenvalue weighted by Gasteiger charge is 2.38. The second-order valence-electron chi connectivity index (χ2n) is 5.34. The zero-order valence-electron chi connectivity index (χ0n) is 13.1. The normalized spacial score (nSPS) is 15.7. The van der Waals surface area contributed by atoms with Crippen LogP contribution in [0.25, 0.3) is 0 Å². The smallest absolute Gasteiger partial charge is 0.319 e. The van der Waals surface area contributed by atoms with Crippen molar-refractivity contribution in [3.8, 4) is 5.88 Å². The Kier molecular flexibility index (Phi) is 5.97. The van der Waals surface area contributed by atoms with Gasteiger partial charge in [-0.1, -0.05) is 0 Å². The van der Waals surface area contributed by atoms with Crippen molar-refractivity contribution in [1.29, 1.82) is 0 Å². The molecule has 0 radical (unpaired) electrons. The number of aromatic nitrogens is 1. The van der Waals surface area contributed by atoms with Crippen molar-refractivity contribution in [1.82, 2.24) is 10.3 Å². The molecule has 0 saturated heterocycles. The number of hydrogen-bond donors (Lipinski definition) is 2. The number of anilines is 1. The highest BCUT2D eigenvalue weighted by Crippen LogP contribution is 2.32. The predicted molar refractivity (Wildman–Crippen MR) is 82.2 cm³/mol. The molecule has 1 saturated carbocycles. The van der Waals surface area contributed by atoms with Gasteiger partial charge in [-0.25, -0.2) is 9.78 Å². The molecule has 7 heteroatoms. The Balaban J connectivity index is 1.93. The van der Waals surface area contributed by atoms with Crippen LogP contribution < -0.4 is 15.4 Å². The molecule has 1 aliphatic carbocycles. The molecule has 0 aliphatic heterocycles. The molecule has 1 aromatic heterocycles. The van der Waals surface area contributed by atoms with Gasteiger partial charge < -0.3 is 24.8 Å². The molecular formula is C15H23N3O4. The summed E-state index contributed by atoms with van der Waals surface area (Å²) in [5.74, 6) is 0.379. The molecule has 0 atom stereocenters. The third-order valence-corrected chi connectivity index (χ3v) is 3.66. The Morgan fingerprint density at radius 2 is 2.14 bits per heavy atom. The van der Waals surface area contributed by atoms with Crippen LogP contribution in [-0.4, -0.2) is 50.6 Å². The summed E-state index contributed by atoms with van der Waals surface area (Å²) in [5, 5.41) is 5.78. The molecular weight excluding hydrogens is 286 g/mol. The van der Waals surface area contributed by atoms with Gasteiger partial charge in [0, 0.05) is 20.4 Å². The summed E-state index contributed by atoms with van der Waals surface area (Å²) in [5.41, 5.74) is 0.279. The molecule has 2 N–H and O–H groups in total. The number of nitrogens with one attached hydrogen (secondary N) is 2. The fourth-order valence-corrected chi connectivity index (χ4v) is 2.40. The third-order valence-electron chi connectivity index (χ3n) is 3.66. The monoisotopic (exact) mass is 309 g/mol. The van der Waals surface area contributed by atoms with E-state index in [1.54, 1.807) is 32.5 Å². The van der Waals surface area contributed by atoms with Gasteiger partial charge in [0.1, 0.15) is 12.3 Å². The molecule has 0 unspecified atom stereocenters. The number of urea groups is 1. The molecule has 2 amide bonds. The first-order chi connectivity index (χ1) is 10.7. The topological polar surface area (TPSA) is 81.7 Å². The van der Waals surface area contributed by atoms with Gasteiger partial charge in [-0.2, -0.15) is 0 Å². The van der Waals surface area contributed by atoms with E-state index in [9.17, 15) is 4.79 Å².